The van der Waals surface area contributed by atoms with Gasteiger partial charge in [-0.3, -0.25) is 4.79 Å². The maximum atomic E-state index is 11.7. The minimum Gasteiger partial charge on any atom is -0.353 e. The molecule has 20 heavy (non-hydrogen) atoms. The summed E-state index contributed by atoms with van der Waals surface area (Å²) in [5.74, 6) is -0.447. The standard InChI is InChI=1S/C16H23NO3/c1-16(2)19-12-14(20-16)11-17-15(18)10-6-9-13-7-4-3-5-8-13/h3-5,7-8,14H,6,9-12H2,1-2H3,(H,17,18). The van der Waals surface area contributed by atoms with Crippen LogP contribution < -0.4 is 5.32 Å². The summed E-state index contributed by atoms with van der Waals surface area (Å²) >= 11 is 0. The fourth-order valence-electron chi connectivity index (χ4n) is 2.28. The van der Waals surface area contributed by atoms with Gasteiger partial charge in [-0.25, -0.2) is 0 Å². The van der Waals surface area contributed by atoms with Crippen LogP contribution in [0.25, 0.3) is 0 Å². The number of amides is 1. The summed E-state index contributed by atoms with van der Waals surface area (Å²) in [6.07, 6.45) is 2.31. The Bertz CT molecular complexity index is 431. The number of carbonyl (C=O) groups is 1. The Morgan fingerprint density at radius 1 is 1.35 bits per heavy atom. The van der Waals surface area contributed by atoms with Crippen molar-refractivity contribution in [3.8, 4) is 0 Å². The van der Waals surface area contributed by atoms with E-state index in [9.17, 15) is 4.79 Å². The molecule has 0 spiro atoms. The monoisotopic (exact) mass is 277 g/mol. The van der Waals surface area contributed by atoms with Gasteiger partial charge in [0.1, 0.15) is 6.10 Å². The smallest absolute Gasteiger partial charge is 0.220 e. The van der Waals surface area contributed by atoms with Crippen LogP contribution in [0.4, 0.5) is 0 Å². The topological polar surface area (TPSA) is 47.6 Å². The summed E-state index contributed by atoms with van der Waals surface area (Å²) < 4.78 is 11.1. The predicted molar refractivity (Wildman–Crippen MR) is 77.3 cm³/mol. The van der Waals surface area contributed by atoms with Crippen LogP contribution >= 0.6 is 0 Å². The van der Waals surface area contributed by atoms with Gasteiger partial charge < -0.3 is 14.8 Å². The van der Waals surface area contributed by atoms with Crippen molar-refractivity contribution < 1.29 is 14.3 Å². The minimum atomic E-state index is -0.525. The van der Waals surface area contributed by atoms with Gasteiger partial charge in [-0.2, -0.15) is 0 Å². The van der Waals surface area contributed by atoms with Crippen molar-refractivity contribution in [2.24, 2.45) is 0 Å². The quantitative estimate of drug-likeness (QED) is 0.867. The lowest BCUT2D eigenvalue weighted by Gasteiger charge is -2.17. The van der Waals surface area contributed by atoms with Crippen LogP contribution in [0.3, 0.4) is 0 Å². The summed E-state index contributed by atoms with van der Waals surface area (Å²) in [7, 11) is 0. The van der Waals surface area contributed by atoms with E-state index < -0.39 is 5.79 Å². The Labute approximate surface area is 120 Å². The first-order chi connectivity index (χ1) is 9.55. The number of carbonyl (C=O) groups excluding carboxylic acids is 1. The third-order valence-corrected chi connectivity index (χ3v) is 3.31. The van der Waals surface area contributed by atoms with Crippen molar-refractivity contribution in [1.29, 1.82) is 0 Å². The van der Waals surface area contributed by atoms with E-state index in [0.29, 0.717) is 19.6 Å². The Balaban J connectivity index is 1.59. The number of aryl methyl sites for hydroxylation is 1. The first-order valence-corrected chi connectivity index (χ1v) is 7.17. The second-order valence-corrected chi connectivity index (χ2v) is 5.59. The SMILES string of the molecule is CC1(C)OCC(CNC(=O)CCCc2ccccc2)O1. The molecule has 4 nitrogen and oxygen atoms in total. The average molecular weight is 277 g/mol. The zero-order valence-electron chi connectivity index (χ0n) is 12.2. The fourth-order valence-corrected chi connectivity index (χ4v) is 2.28. The Morgan fingerprint density at radius 2 is 2.10 bits per heavy atom. The van der Waals surface area contributed by atoms with E-state index >= 15 is 0 Å². The Hall–Kier alpha value is -1.39. The van der Waals surface area contributed by atoms with Gasteiger partial charge in [0.25, 0.3) is 0 Å². The summed E-state index contributed by atoms with van der Waals surface area (Å²) in [5.41, 5.74) is 1.27. The van der Waals surface area contributed by atoms with Crippen LogP contribution in [-0.4, -0.2) is 30.9 Å². The van der Waals surface area contributed by atoms with Gasteiger partial charge in [-0.1, -0.05) is 30.3 Å². The van der Waals surface area contributed by atoms with Gasteiger partial charge >= 0.3 is 0 Å². The van der Waals surface area contributed by atoms with Crippen molar-refractivity contribution in [2.75, 3.05) is 13.2 Å². The highest BCUT2D eigenvalue weighted by molar-refractivity contribution is 5.75. The predicted octanol–water partition coefficient (Wildman–Crippen LogP) is 2.28. The molecule has 1 unspecified atom stereocenters. The molecule has 1 N–H and O–H groups in total. The molecule has 0 aromatic heterocycles. The molecule has 0 aliphatic carbocycles. The van der Waals surface area contributed by atoms with Crippen molar-refractivity contribution in [1.82, 2.24) is 5.32 Å². The third kappa shape index (κ3) is 4.94. The highest BCUT2D eigenvalue weighted by Gasteiger charge is 2.32. The molecule has 1 atom stereocenters. The molecule has 1 aliphatic rings. The number of hydrogen-bond donors (Lipinski definition) is 1. The largest absolute Gasteiger partial charge is 0.353 e. The molecular formula is C16H23NO3. The van der Waals surface area contributed by atoms with Gasteiger partial charge in [0.2, 0.25) is 5.91 Å². The Kier molecular flexibility index (Phi) is 5.15. The van der Waals surface area contributed by atoms with Crippen LogP contribution in [0.2, 0.25) is 0 Å². The lowest BCUT2D eigenvalue weighted by molar-refractivity contribution is -0.139. The summed E-state index contributed by atoms with van der Waals surface area (Å²) in [6.45, 7) is 4.83. The molecular weight excluding hydrogens is 254 g/mol. The molecule has 1 saturated heterocycles. The van der Waals surface area contributed by atoms with Gasteiger partial charge in [-0.15, -0.1) is 0 Å². The van der Waals surface area contributed by atoms with Crippen LogP contribution in [-0.2, 0) is 20.7 Å². The van der Waals surface area contributed by atoms with Crippen LogP contribution in [0.5, 0.6) is 0 Å². The highest BCUT2D eigenvalue weighted by atomic mass is 16.7. The molecule has 1 aromatic carbocycles. The van der Waals surface area contributed by atoms with E-state index in [1.807, 2.05) is 32.0 Å². The lowest BCUT2D eigenvalue weighted by atomic mass is 10.1. The van der Waals surface area contributed by atoms with E-state index in [2.05, 4.69) is 17.4 Å². The maximum Gasteiger partial charge on any atom is 0.220 e. The minimum absolute atomic E-state index is 0.0388. The molecule has 110 valence electrons. The van der Waals surface area contributed by atoms with Gasteiger partial charge in [-0.05, 0) is 32.3 Å². The summed E-state index contributed by atoms with van der Waals surface area (Å²) in [6, 6.07) is 10.2. The van der Waals surface area contributed by atoms with E-state index in [0.717, 1.165) is 12.8 Å². The van der Waals surface area contributed by atoms with Gasteiger partial charge in [0.05, 0.1) is 6.61 Å². The van der Waals surface area contributed by atoms with Crippen molar-refractivity contribution in [3.63, 3.8) is 0 Å². The number of ether oxygens (including phenoxy) is 2. The van der Waals surface area contributed by atoms with Gasteiger partial charge in [0.15, 0.2) is 5.79 Å². The van der Waals surface area contributed by atoms with E-state index in [1.165, 1.54) is 5.56 Å². The summed E-state index contributed by atoms with van der Waals surface area (Å²) in [5, 5.41) is 2.90. The number of benzene rings is 1. The van der Waals surface area contributed by atoms with Crippen LogP contribution in [0.1, 0.15) is 32.3 Å². The molecule has 0 bridgehead atoms. The number of rotatable bonds is 6. The second kappa shape index (κ2) is 6.86. The van der Waals surface area contributed by atoms with Crippen LogP contribution in [0.15, 0.2) is 30.3 Å². The number of nitrogens with one attached hydrogen (secondary N) is 1. The average Bonchev–Trinajstić information content (AvgIpc) is 2.77. The second-order valence-electron chi connectivity index (χ2n) is 5.59. The maximum absolute atomic E-state index is 11.7. The fraction of sp³-hybridized carbons (Fsp3) is 0.562. The molecule has 1 aromatic rings. The lowest BCUT2D eigenvalue weighted by Crippen LogP contribution is -2.34. The third-order valence-electron chi connectivity index (χ3n) is 3.31. The molecule has 1 heterocycles. The highest BCUT2D eigenvalue weighted by Crippen LogP contribution is 2.21. The first-order valence-electron chi connectivity index (χ1n) is 7.17. The van der Waals surface area contributed by atoms with Crippen molar-refractivity contribution in [2.45, 2.75) is 45.0 Å². The Morgan fingerprint density at radius 3 is 2.75 bits per heavy atom. The normalized spacial score (nSPS) is 20.8. The van der Waals surface area contributed by atoms with E-state index in [1.54, 1.807) is 0 Å². The van der Waals surface area contributed by atoms with Gasteiger partial charge in [0, 0.05) is 13.0 Å². The van der Waals surface area contributed by atoms with E-state index in [-0.39, 0.29) is 12.0 Å². The molecule has 1 fully saturated rings. The number of hydrogen-bond acceptors (Lipinski definition) is 3. The zero-order valence-corrected chi connectivity index (χ0v) is 12.2. The molecule has 1 amide bonds. The molecule has 0 radical (unpaired) electrons. The molecule has 0 saturated carbocycles. The van der Waals surface area contributed by atoms with Crippen molar-refractivity contribution >= 4 is 5.91 Å². The van der Waals surface area contributed by atoms with Crippen LogP contribution in [0, 0.1) is 0 Å². The van der Waals surface area contributed by atoms with E-state index in [4.69, 9.17) is 9.47 Å². The van der Waals surface area contributed by atoms with Crippen molar-refractivity contribution in [3.05, 3.63) is 35.9 Å². The first kappa shape index (κ1) is 15.0. The summed E-state index contributed by atoms with van der Waals surface area (Å²) in [4.78, 5) is 11.7. The zero-order chi connectivity index (χ0) is 14.4. The molecule has 4 heteroatoms. The molecule has 1 aliphatic heterocycles. The molecule has 2 rings (SSSR count).